The Kier molecular flexibility index (Phi) is 17.2. The van der Waals surface area contributed by atoms with Crippen molar-refractivity contribution in [2.75, 3.05) is 32.8 Å². The quantitative estimate of drug-likeness (QED) is 0.0294. The van der Waals surface area contributed by atoms with Gasteiger partial charge < -0.3 is 51.0 Å². The van der Waals surface area contributed by atoms with E-state index in [-0.39, 0.29) is 80.4 Å². The first-order valence-corrected chi connectivity index (χ1v) is 26.3. The molecule has 0 saturated heterocycles. The van der Waals surface area contributed by atoms with E-state index < -0.39 is 102 Å². The highest BCUT2D eigenvalue weighted by atomic mass is 19.1. The van der Waals surface area contributed by atoms with E-state index in [1.165, 1.54) is 22.8 Å². The molecule has 8 amide bonds. The number of aromatic nitrogens is 2. The van der Waals surface area contributed by atoms with Crippen molar-refractivity contribution in [1.29, 1.82) is 0 Å². The van der Waals surface area contributed by atoms with E-state index in [0.717, 1.165) is 4.90 Å². The average molecular weight is 1090 g/mol. The number of rotatable bonds is 22. The van der Waals surface area contributed by atoms with Crippen LogP contribution in [0.15, 0.2) is 59.4 Å². The van der Waals surface area contributed by atoms with Gasteiger partial charge in [-0.15, -0.1) is 0 Å². The number of benzene rings is 2. The van der Waals surface area contributed by atoms with Crippen LogP contribution < -0.4 is 37.5 Å². The van der Waals surface area contributed by atoms with Crippen LogP contribution in [-0.4, -0.2) is 123 Å². The number of carbonyl (C=O) groups excluding carboxylic acids is 9. The monoisotopic (exact) mass is 1090 g/mol. The molecule has 7 N–H and O–H groups in total. The number of amides is 8. The smallest absolute Gasteiger partial charge is 0.343 e. The molecule has 4 atom stereocenters. The van der Waals surface area contributed by atoms with Gasteiger partial charge in [-0.3, -0.25) is 48.1 Å². The number of fused-ring (bicyclic) bond motifs is 5. The molecule has 79 heavy (non-hydrogen) atoms. The number of pyridine rings is 2. The maximum Gasteiger partial charge on any atom is 0.343 e. The molecule has 0 fully saturated rings. The number of cyclic esters (lactones) is 1. The lowest BCUT2D eigenvalue weighted by molar-refractivity contribution is -0.172. The average Bonchev–Trinajstić information content (AvgIpc) is 4.07. The summed E-state index contributed by atoms with van der Waals surface area (Å²) < 4.78 is 28.3. The van der Waals surface area contributed by atoms with Crippen molar-refractivity contribution >= 4 is 64.1 Å². The Morgan fingerprint density at radius 3 is 2.22 bits per heavy atom. The lowest BCUT2D eigenvalue weighted by Gasteiger charge is -2.32. The first kappa shape index (κ1) is 57.0. The highest BCUT2D eigenvalue weighted by molar-refractivity contribution is 6.12. The van der Waals surface area contributed by atoms with Crippen molar-refractivity contribution in [3.8, 4) is 11.4 Å². The third kappa shape index (κ3) is 12.7. The number of hydrogen-bond donors (Lipinski definition) is 7. The Morgan fingerprint density at radius 2 is 1.52 bits per heavy atom. The number of esters is 1. The number of imide groups is 1. The van der Waals surface area contributed by atoms with Crippen molar-refractivity contribution in [2.45, 2.75) is 128 Å². The van der Waals surface area contributed by atoms with Crippen molar-refractivity contribution in [3.63, 3.8) is 0 Å². The minimum absolute atomic E-state index is 0.00127. The first-order valence-electron chi connectivity index (χ1n) is 26.3. The molecule has 0 saturated carbocycles. The van der Waals surface area contributed by atoms with Crippen molar-refractivity contribution in [3.05, 3.63) is 110 Å². The van der Waals surface area contributed by atoms with Crippen molar-refractivity contribution < 1.29 is 62.1 Å². The van der Waals surface area contributed by atoms with Crippen LogP contribution in [0.3, 0.4) is 0 Å². The van der Waals surface area contributed by atoms with Crippen LogP contribution >= 0.6 is 0 Å². The molecule has 5 heterocycles. The maximum atomic E-state index is 15.6. The molecular formula is C56H64FN9O13. The number of halogens is 1. The van der Waals surface area contributed by atoms with Gasteiger partial charge in [-0.2, -0.15) is 0 Å². The van der Waals surface area contributed by atoms with Gasteiger partial charge in [-0.25, -0.2) is 14.2 Å². The molecule has 8 rings (SSSR count). The summed E-state index contributed by atoms with van der Waals surface area (Å²) >= 11 is 0. The Hall–Kier alpha value is -8.18. The first-order chi connectivity index (χ1) is 37.6. The van der Waals surface area contributed by atoms with Gasteiger partial charge in [0.25, 0.3) is 17.4 Å². The van der Waals surface area contributed by atoms with E-state index in [4.69, 9.17) is 14.5 Å². The number of carbonyl (C=O) groups is 9. The van der Waals surface area contributed by atoms with Gasteiger partial charge in [0.2, 0.25) is 35.4 Å². The summed E-state index contributed by atoms with van der Waals surface area (Å²) in [6.07, 6.45) is 4.58. The zero-order chi connectivity index (χ0) is 56.9. The van der Waals surface area contributed by atoms with Crippen LogP contribution in [-0.2, 0) is 84.2 Å². The number of aryl methyl sites for hydroxylation is 1. The van der Waals surface area contributed by atoms with Gasteiger partial charge in [0, 0.05) is 54.1 Å². The second-order valence-corrected chi connectivity index (χ2v) is 21.0. The predicted molar refractivity (Wildman–Crippen MR) is 281 cm³/mol. The molecule has 2 aromatic carbocycles. The summed E-state index contributed by atoms with van der Waals surface area (Å²) in [4.78, 5) is 137. The van der Waals surface area contributed by atoms with Crippen LogP contribution in [0, 0.1) is 12.7 Å². The van der Waals surface area contributed by atoms with E-state index in [2.05, 4.69) is 31.9 Å². The summed E-state index contributed by atoms with van der Waals surface area (Å²) in [6, 6.07) is 8.28. The molecule has 23 heteroatoms. The SMILES string of the molecule is CC[C@@]1(O)C(=O)OCc2c1cc1n(c2=O)Cc2c-1nc1cc(F)c(C)c3c1c2[C@@H](NC(=O)[C@H](COC(C)(C)C)NC(=O)CNC(=O)C(Cc1ccccc1)NC(=O)CNC(=O)CNC(=O)CCCCCN1C(=O)C=CC1=O)CC3. The lowest BCUT2D eigenvalue weighted by Crippen LogP contribution is -2.55. The van der Waals surface area contributed by atoms with Crippen molar-refractivity contribution in [2.24, 2.45) is 0 Å². The minimum Gasteiger partial charge on any atom is -0.458 e. The molecule has 4 aromatic rings. The lowest BCUT2D eigenvalue weighted by atomic mass is 9.81. The third-order valence-corrected chi connectivity index (χ3v) is 14.5. The van der Waals surface area contributed by atoms with E-state index in [1.807, 2.05) is 0 Å². The Balaban J connectivity index is 0.913. The Labute approximate surface area is 453 Å². The topological polar surface area (TPSA) is 303 Å². The van der Waals surface area contributed by atoms with Gasteiger partial charge >= 0.3 is 5.97 Å². The second-order valence-electron chi connectivity index (χ2n) is 21.0. The summed E-state index contributed by atoms with van der Waals surface area (Å²) in [5.41, 5.74) is 0.668. The number of nitrogens with zero attached hydrogens (tertiary/aromatic N) is 3. The number of unbranched alkanes of at least 4 members (excludes halogenated alkanes) is 2. The highest BCUT2D eigenvalue weighted by Gasteiger charge is 2.46. The molecule has 22 nitrogen and oxygen atoms in total. The standard InChI is InChI=1S/C56H64FN9O13/c1-6-56(77)35-22-41-50-33(27-66(41)53(75)34(35)28-78-54(56)76)49-37(17-16-32-30(2)36(57)23-38(63-50)48(32)49)64-52(74)40(29-79-55(3,4)5)62-45(70)26-60-51(73)39(21-31-13-9-7-10-14-31)61-44(69)25-59-43(68)24-58-42(67)15-11-8-12-20-65-46(71)18-19-47(65)72/h7,9-10,13-14,18-19,22-23,37,39-40,77H,6,8,11-12,15-17,20-21,24-29H2,1-5H3,(H,58,67)(H,59,68)(H,60,73)(H,61,69)(H,62,70)(H,64,74)/t37-,39?,40-,56-/m0/s1. The summed E-state index contributed by atoms with van der Waals surface area (Å²) in [6.45, 7) is 6.55. The zero-order valence-corrected chi connectivity index (χ0v) is 44.6. The van der Waals surface area contributed by atoms with Crippen LogP contribution in [0.5, 0.6) is 0 Å². The van der Waals surface area contributed by atoms with E-state index in [0.29, 0.717) is 70.3 Å². The largest absolute Gasteiger partial charge is 0.458 e. The fourth-order valence-corrected chi connectivity index (χ4v) is 10.2. The van der Waals surface area contributed by atoms with Gasteiger partial charge in [0.1, 0.15) is 24.5 Å². The van der Waals surface area contributed by atoms with Crippen molar-refractivity contribution in [1.82, 2.24) is 46.4 Å². The van der Waals surface area contributed by atoms with Crippen LogP contribution in [0.4, 0.5) is 4.39 Å². The summed E-state index contributed by atoms with van der Waals surface area (Å²) in [7, 11) is 0. The van der Waals surface area contributed by atoms with E-state index in [1.54, 1.807) is 71.0 Å². The second kappa shape index (κ2) is 23.8. The molecule has 1 unspecified atom stereocenters. The van der Waals surface area contributed by atoms with Crippen LogP contribution in [0.2, 0.25) is 0 Å². The molecule has 1 aliphatic carbocycles. The molecule has 0 spiro atoms. The van der Waals surface area contributed by atoms with Gasteiger partial charge in [0.05, 0.1) is 66.9 Å². The zero-order valence-electron chi connectivity index (χ0n) is 44.6. The molecular weight excluding hydrogens is 1030 g/mol. The van der Waals surface area contributed by atoms with Crippen LogP contribution in [0.1, 0.15) is 111 Å². The van der Waals surface area contributed by atoms with Gasteiger partial charge in [-0.1, -0.05) is 43.7 Å². The fraction of sp³-hybridized carbons (Fsp3) is 0.446. The van der Waals surface area contributed by atoms with E-state index in [9.17, 15) is 53.1 Å². The molecule has 0 bridgehead atoms. The Bertz CT molecular complexity index is 3230. The maximum absolute atomic E-state index is 15.6. The number of aliphatic hydroxyl groups is 1. The summed E-state index contributed by atoms with van der Waals surface area (Å²) in [5.74, 6) is -6.14. The van der Waals surface area contributed by atoms with Gasteiger partial charge in [0.15, 0.2) is 5.60 Å². The Morgan fingerprint density at radius 1 is 0.848 bits per heavy atom. The number of nitrogens with one attached hydrogen (secondary N) is 6. The molecule has 0 radical (unpaired) electrons. The highest BCUT2D eigenvalue weighted by Crippen LogP contribution is 2.46. The number of hydrogen-bond acceptors (Lipinski definition) is 14. The normalized spacial score (nSPS) is 17.7. The van der Waals surface area contributed by atoms with E-state index >= 15 is 4.39 Å². The predicted octanol–water partition coefficient (Wildman–Crippen LogP) is 1.49. The molecule has 3 aliphatic heterocycles. The number of ether oxygens (including phenoxy) is 2. The molecule has 4 aliphatic rings. The molecule has 418 valence electrons. The molecule has 2 aromatic heterocycles. The third-order valence-electron chi connectivity index (χ3n) is 14.5. The summed E-state index contributed by atoms with van der Waals surface area (Å²) in [5, 5.41) is 27.9. The van der Waals surface area contributed by atoms with Gasteiger partial charge in [-0.05, 0) is 88.1 Å². The van der Waals surface area contributed by atoms with Crippen LogP contribution in [0.25, 0.3) is 22.3 Å². The fourth-order valence-electron chi connectivity index (χ4n) is 10.2. The minimum atomic E-state index is -2.09.